The van der Waals surface area contributed by atoms with E-state index in [2.05, 4.69) is 14.5 Å². The summed E-state index contributed by atoms with van der Waals surface area (Å²) in [7, 11) is 0. The smallest absolute Gasteiger partial charge is 0.471 e. The summed E-state index contributed by atoms with van der Waals surface area (Å²) in [6, 6.07) is 14.7. The molecule has 0 aliphatic carbocycles. The fourth-order valence-electron chi connectivity index (χ4n) is 5.53. The molecule has 2 aliphatic heterocycles. The van der Waals surface area contributed by atoms with Crippen LogP contribution in [0.15, 0.2) is 54.6 Å². The van der Waals surface area contributed by atoms with Gasteiger partial charge in [0.1, 0.15) is 18.2 Å². The van der Waals surface area contributed by atoms with Gasteiger partial charge >= 0.3 is 12.1 Å². The molecular formula is C31H30ClF4N5O3. The number of ether oxygens (including phenoxy) is 2. The normalized spacial score (nSPS) is 17.9. The van der Waals surface area contributed by atoms with Crippen LogP contribution in [0.2, 0.25) is 5.02 Å². The number of hydrogen-bond acceptors (Lipinski definition) is 6. The van der Waals surface area contributed by atoms with Crippen molar-refractivity contribution < 1.29 is 31.8 Å². The van der Waals surface area contributed by atoms with Crippen LogP contribution in [0.4, 0.5) is 23.2 Å². The average Bonchev–Trinajstić information content (AvgIpc) is 3.30. The fourth-order valence-corrected chi connectivity index (χ4v) is 5.69. The first kappa shape index (κ1) is 30.3. The number of hydrogen-bond donors (Lipinski definition) is 1. The zero-order chi connectivity index (χ0) is 30.8. The first-order valence-corrected chi connectivity index (χ1v) is 14.7. The molecule has 0 spiro atoms. The number of aromatic nitrogens is 3. The number of rotatable bonds is 9. The Bertz CT molecular complexity index is 1650. The van der Waals surface area contributed by atoms with E-state index in [1.165, 1.54) is 18.2 Å². The van der Waals surface area contributed by atoms with Crippen molar-refractivity contribution in [2.24, 2.45) is 0 Å². The number of halogens is 5. The highest BCUT2D eigenvalue weighted by molar-refractivity contribution is 6.30. The Kier molecular flexibility index (Phi) is 8.75. The van der Waals surface area contributed by atoms with E-state index in [1.807, 2.05) is 17.4 Å². The molecule has 0 bridgehead atoms. The summed E-state index contributed by atoms with van der Waals surface area (Å²) >= 11 is 5.83. The van der Waals surface area contributed by atoms with Crippen molar-refractivity contribution in [2.75, 3.05) is 25.0 Å². The predicted molar refractivity (Wildman–Crippen MR) is 156 cm³/mol. The van der Waals surface area contributed by atoms with Crippen LogP contribution in [0.3, 0.4) is 0 Å². The highest BCUT2D eigenvalue weighted by Crippen LogP contribution is 2.30. The van der Waals surface area contributed by atoms with E-state index in [1.54, 1.807) is 24.3 Å². The number of likely N-dealkylation sites (tertiary alicyclic amines) is 1. The summed E-state index contributed by atoms with van der Waals surface area (Å²) in [6.07, 6.45) is -2.27. The summed E-state index contributed by atoms with van der Waals surface area (Å²) in [5.41, 5.74) is 2.63. The molecule has 0 saturated carbocycles. The zero-order valence-electron chi connectivity index (χ0n) is 23.6. The molecule has 2 aliphatic rings. The first-order valence-electron chi connectivity index (χ1n) is 14.4. The summed E-state index contributed by atoms with van der Waals surface area (Å²) in [6.45, 7) is 3.48. The Morgan fingerprint density at radius 3 is 2.57 bits per heavy atom. The van der Waals surface area contributed by atoms with Crippen LogP contribution in [-0.4, -0.2) is 57.3 Å². The van der Waals surface area contributed by atoms with Crippen molar-refractivity contribution in [1.29, 1.82) is 0 Å². The van der Waals surface area contributed by atoms with Crippen LogP contribution >= 0.6 is 11.6 Å². The van der Waals surface area contributed by atoms with E-state index in [4.69, 9.17) is 26.1 Å². The number of carbonyl (C=O) groups is 1. The molecule has 13 heteroatoms. The van der Waals surface area contributed by atoms with Gasteiger partial charge in [-0.2, -0.15) is 13.2 Å². The van der Waals surface area contributed by atoms with Gasteiger partial charge in [0, 0.05) is 40.6 Å². The number of anilines is 1. The van der Waals surface area contributed by atoms with Crippen molar-refractivity contribution in [3.63, 3.8) is 0 Å². The lowest BCUT2D eigenvalue weighted by Gasteiger charge is -2.32. The summed E-state index contributed by atoms with van der Waals surface area (Å²) in [4.78, 5) is 23.2. The minimum Gasteiger partial charge on any atom is -0.473 e. The number of nitrogens with one attached hydrogen (secondary N) is 1. The topological polar surface area (TPSA) is 81.5 Å². The van der Waals surface area contributed by atoms with Crippen LogP contribution in [-0.2, 0) is 29.2 Å². The molecule has 1 N–H and O–H groups in total. The number of pyridine rings is 1. The van der Waals surface area contributed by atoms with Gasteiger partial charge in [0.2, 0.25) is 5.88 Å². The standard InChI is InChI=1S/C31H30ClF4N5O3/c32-21-5-4-20(24(33)14-21)18-44-29-3-1-2-25(39-29)19-8-11-40(12-9-19)17-28-38-26-15-22(37-30(42)31(34,35)36)6-7-27(26)41(28)16-23-10-13-43-23/h1-7,14-15,19,23H,8-13,16-18H2,(H,37,42). The van der Waals surface area contributed by atoms with E-state index in [-0.39, 0.29) is 24.3 Å². The van der Waals surface area contributed by atoms with Crippen LogP contribution in [0.25, 0.3) is 11.0 Å². The highest BCUT2D eigenvalue weighted by Gasteiger charge is 2.38. The van der Waals surface area contributed by atoms with Gasteiger partial charge in [0.25, 0.3) is 0 Å². The lowest BCUT2D eigenvalue weighted by Crippen LogP contribution is -2.35. The average molecular weight is 632 g/mol. The van der Waals surface area contributed by atoms with Gasteiger partial charge < -0.3 is 19.4 Å². The second-order valence-corrected chi connectivity index (χ2v) is 11.5. The van der Waals surface area contributed by atoms with Gasteiger partial charge in [-0.15, -0.1) is 0 Å². The van der Waals surface area contributed by atoms with Crippen molar-refractivity contribution in [3.05, 3.63) is 82.5 Å². The van der Waals surface area contributed by atoms with Crippen LogP contribution in [0.1, 0.15) is 42.3 Å². The number of amides is 1. The maximum Gasteiger partial charge on any atom is 0.471 e. The van der Waals surface area contributed by atoms with Gasteiger partial charge in [-0.1, -0.05) is 23.7 Å². The van der Waals surface area contributed by atoms with Crippen molar-refractivity contribution in [3.8, 4) is 5.88 Å². The van der Waals surface area contributed by atoms with E-state index >= 15 is 0 Å². The number of piperidine rings is 1. The second kappa shape index (κ2) is 12.7. The molecule has 6 rings (SSSR count). The SMILES string of the molecule is O=C(Nc1ccc2c(c1)nc(CN1CCC(c3cccc(OCc4ccc(Cl)cc4F)n3)CC1)n2CC1CCO1)C(F)(F)F. The van der Waals surface area contributed by atoms with E-state index < -0.39 is 17.9 Å². The summed E-state index contributed by atoms with van der Waals surface area (Å²) in [5, 5.41) is 2.23. The van der Waals surface area contributed by atoms with Gasteiger partial charge in [-0.25, -0.2) is 14.4 Å². The molecule has 1 atom stereocenters. The number of imidazole rings is 1. The molecule has 2 aromatic carbocycles. The lowest BCUT2D eigenvalue weighted by atomic mass is 9.93. The second-order valence-electron chi connectivity index (χ2n) is 11.1. The van der Waals surface area contributed by atoms with Gasteiger partial charge in [0.05, 0.1) is 30.2 Å². The Balaban J connectivity index is 1.11. The molecule has 1 amide bonds. The minimum atomic E-state index is -4.98. The molecule has 8 nitrogen and oxygen atoms in total. The Morgan fingerprint density at radius 2 is 1.86 bits per heavy atom. The Hall–Kier alpha value is -3.74. The first-order chi connectivity index (χ1) is 21.1. The monoisotopic (exact) mass is 631 g/mol. The van der Waals surface area contributed by atoms with Gasteiger partial charge in [0.15, 0.2) is 0 Å². The maximum absolute atomic E-state index is 14.1. The Morgan fingerprint density at radius 1 is 1.07 bits per heavy atom. The van der Waals surface area contributed by atoms with Crippen molar-refractivity contribution in [2.45, 2.75) is 57.2 Å². The molecule has 1 unspecified atom stereocenters. The molecule has 4 aromatic rings. The third-order valence-electron chi connectivity index (χ3n) is 8.03. The third kappa shape index (κ3) is 6.98. The molecule has 2 fully saturated rings. The molecule has 0 radical (unpaired) electrons. The largest absolute Gasteiger partial charge is 0.473 e. The summed E-state index contributed by atoms with van der Waals surface area (Å²) in [5.74, 6) is -1.01. The highest BCUT2D eigenvalue weighted by atomic mass is 35.5. The summed E-state index contributed by atoms with van der Waals surface area (Å²) < 4.78 is 65.9. The van der Waals surface area contributed by atoms with Crippen LogP contribution in [0.5, 0.6) is 5.88 Å². The van der Waals surface area contributed by atoms with Gasteiger partial charge in [-0.05, 0) is 68.8 Å². The maximum atomic E-state index is 14.1. The fraction of sp³-hybridized carbons (Fsp3) is 0.387. The minimum absolute atomic E-state index is 0.0359. The molecule has 44 heavy (non-hydrogen) atoms. The third-order valence-corrected chi connectivity index (χ3v) is 8.26. The molecule has 2 aromatic heterocycles. The quantitative estimate of drug-likeness (QED) is 0.213. The van der Waals surface area contributed by atoms with E-state index in [0.29, 0.717) is 41.7 Å². The van der Waals surface area contributed by atoms with Crippen molar-refractivity contribution in [1.82, 2.24) is 19.4 Å². The van der Waals surface area contributed by atoms with Crippen molar-refractivity contribution >= 4 is 34.2 Å². The lowest BCUT2D eigenvalue weighted by molar-refractivity contribution is -0.167. The van der Waals surface area contributed by atoms with Crippen LogP contribution < -0.4 is 10.1 Å². The molecular weight excluding hydrogens is 602 g/mol. The Labute approximate surface area is 255 Å². The zero-order valence-corrected chi connectivity index (χ0v) is 24.4. The number of fused-ring (bicyclic) bond motifs is 1. The van der Waals surface area contributed by atoms with E-state index in [9.17, 15) is 22.4 Å². The number of benzene rings is 2. The number of carbonyl (C=O) groups excluding carboxylic acids is 1. The van der Waals surface area contributed by atoms with Gasteiger partial charge in [-0.3, -0.25) is 9.69 Å². The van der Waals surface area contributed by atoms with E-state index in [0.717, 1.165) is 49.4 Å². The number of alkyl halides is 3. The molecule has 4 heterocycles. The molecule has 2 saturated heterocycles. The molecule has 232 valence electrons. The van der Waals surface area contributed by atoms with Crippen LogP contribution in [0, 0.1) is 5.82 Å². The predicted octanol–water partition coefficient (Wildman–Crippen LogP) is 6.47. The number of nitrogens with zero attached hydrogens (tertiary/aromatic N) is 4.